The zero-order valence-corrected chi connectivity index (χ0v) is 15.3. The summed E-state index contributed by atoms with van der Waals surface area (Å²) in [4.78, 5) is 12.6. The number of aryl methyl sites for hydroxylation is 3. The van der Waals surface area contributed by atoms with E-state index in [2.05, 4.69) is 44.3 Å². The van der Waals surface area contributed by atoms with Gasteiger partial charge < -0.3 is 10.1 Å². The molecule has 2 aromatic rings. The molecule has 128 valence electrons. The van der Waals surface area contributed by atoms with Crippen molar-refractivity contribution in [3.63, 3.8) is 0 Å². The lowest BCUT2D eigenvalue weighted by molar-refractivity contribution is 0.0935. The maximum absolute atomic E-state index is 12.6. The third-order valence-electron chi connectivity index (χ3n) is 4.38. The summed E-state index contributed by atoms with van der Waals surface area (Å²) in [7, 11) is 0. The summed E-state index contributed by atoms with van der Waals surface area (Å²) in [5.41, 5.74) is 5.30. The molecule has 0 radical (unpaired) electrons. The highest BCUT2D eigenvalue weighted by Crippen LogP contribution is 2.22. The summed E-state index contributed by atoms with van der Waals surface area (Å²) >= 11 is 0. The van der Waals surface area contributed by atoms with Gasteiger partial charge >= 0.3 is 0 Å². The van der Waals surface area contributed by atoms with Crippen molar-refractivity contribution < 1.29 is 9.53 Å². The average Bonchev–Trinajstić information content (AvgIpc) is 2.57. The van der Waals surface area contributed by atoms with Crippen molar-refractivity contribution in [2.45, 2.75) is 47.1 Å². The fraction of sp³-hybridized carbons (Fsp3) is 0.381. The molecular formula is C21H27NO2. The minimum atomic E-state index is -0.0498. The van der Waals surface area contributed by atoms with E-state index in [0.29, 0.717) is 12.2 Å². The zero-order chi connectivity index (χ0) is 17.7. The number of rotatable bonds is 6. The van der Waals surface area contributed by atoms with E-state index in [0.717, 1.165) is 23.3 Å². The summed E-state index contributed by atoms with van der Waals surface area (Å²) in [6.45, 7) is 10.8. The van der Waals surface area contributed by atoms with Crippen LogP contribution >= 0.6 is 0 Å². The predicted octanol–water partition coefficient (Wildman–Crippen LogP) is 4.89. The van der Waals surface area contributed by atoms with Crippen molar-refractivity contribution in [3.05, 3.63) is 64.2 Å². The largest absolute Gasteiger partial charge is 0.494 e. The Labute approximate surface area is 145 Å². The number of amides is 1. The number of hydrogen-bond donors (Lipinski definition) is 1. The highest BCUT2D eigenvalue weighted by atomic mass is 16.5. The van der Waals surface area contributed by atoms with Crippen LogP contribution in [0.1, 0.15) is 58.9 Å². The maximum Gasteiger partial charge on any atom is 0.251 e. The minimum Gasteiger partial charge on any atom is -0.494 e. The van der Waals surface area contributed by atoms with Gasteiger partial charge in [0.15, 0.2) is 0 Å². The van der Waals surface area contributed by atoms with Gasteiger partial charge in [-0.2, -0.15) is 0 Å². The number of carbonyl (C=O) groups excluding carboxylic acids is 1. The second kappa shape index (κ2) is 8.00. The van der Waals surface area contributed by atoms with Gasteiger partial charge in [-0.3, -0.25) is 4.79 Å². The SMILES string of the molecule is CCOc1ccc(C(=O)N[C@H](CC)c2ccc(C)c(C)c2)cc1C. The van der Waals surface area contributed by atoms with Crippen molar-refractivity contribution in [1.82, 2.24) is 5.32 Å². The fourth-order valence-corrected chi connectivity index (χ4v) is 2.75. The Balaban J connectivity index is 2.17. The van der Waals surface area contributed by atoms with Crippen LogP contribution in [0.2, 0.25) is 0 Å². The van der Waals surface area contributed by atoms with Gasteiger partial charge in [-0.1, -0.05) is 25.1 Å². The Hall–Kier alpha value is -2.29. The van der Waals surface area contributed by atoms with E-state index in [1.807, 2.05) is 32.0 Å². The van der Waals surface area contributed by atoms with Gasteiger partial charge in [-0.25, -0.2) is 0 Å². The average molecular weight is 325 g/mol. The van der Waals surface area contributed by atoms with Crippen LogP contribution in [-0.4, -0.2) is 12.5 Å². The van der Waals surface area contributed by atoms with Crippen molar-refractivity contribution in [3.8, 4) is 5.75 Å². The van der Waals surface area contributed by atoms with Crippen molar-refractivity contribution >= 4 is 5.91 Å². The molecular weight excluding hydrogens is 298 g/mol. The molecule has 1 N–H and O–H groups in total. The number of ether oxygens (including phenoxy) is 1. The first-order valence-corrected chi connectivity index (χ1v) is 8.57. The molecule has 0 heterocycles. The summed E-state index contributed by atoms with van der Waals surface area (Å²) in [5, 5.41) is 3.14. The summed E-state index contributed by atoms with van der Waals surface area (Å²) in [6, 6.07) is 12.0. The fourth-order valence-electron chi connectivity index (χ4n) is 2.75. The molecule has 0 saturated carbocycles. The predicted molar refractivity (Wildman–Crippen MR) is 98.8 cm³/mol. The lowest BCUT2D eigenvalue weighted by Crippen LogP contribution is -2.28. The first-order chi connectivity index (χ1) is 11.5. The second-order valence-electron chi connectivity index (χ2n) is 6.19. The smallest absolute Gasteiger partial charge is 0.251 e. The van der Waals surface area contributed by atoms with E-state index in [1.54, 1.807) is 0 Å². The van der Waals surface area contributed by atoms with Gasteiger partial charge in [0.2, 0.25) is 0 Å². The van der Waals surface area contributed by atoms with Crippen molar-refractivity contribution in [2.24, 2.45) is 0 Å². The molecule has 0 spiro atoms. The van der Waals surface area contributed by atoms with E-state index in [9.17, 15) is 4.79 Å². The van der Waals surface area contributed by atoms with Crippen LogP contribution in [0.5, 0.6) is 5.75 Å². The van der Waals surface area contributed by atoms with Crippen molar-refractivity contribution in [1.29, 1.82) is 0 Å². The third-order valence-corrected chi connectivity index (χ3v) is 4.38. The monoisotopic (exact) mass is 325 g/mol. The van der Waals surface area contributed by atoms with Crippen LogP contribution < -0.4 is 10.1 Å². The zero-order valence-electron chi connectivity index (χ0n) is 15.3. The lowest BCUT2D eigenvalue weighted by atomic mass is 9.99. The molecule has 0 unspecified atom stereocenters. The Kier molecular flexibility index (Phi) is 6.02. The van der Waals surface area contributed by atoms with Crippen LogP contribution in [0.15, 0.2) is 36.4 Å². The Morgan fingerprint density at radius 1 is 1.00 bits per heavy atom. The highest BCUT2D eigenvalue weighted by molar-refractivity contribution is 5.94. The van der Waals surface area contributed by atoms with Crippen LogP contribution in [0.3, 0.4) is 0 Å². The van der Waals surface area contributed by atoms with Crippen LogP contribution in [-0.2, 0) is 0 Å². The van der Waals surface area contributed by atoms with Gasteiger partial charge in [-0.15, -0.1) is 0 Å². The highest BCUT2D eigenvalue weighted by Gasteiger charge is 2.15. The summed E-state index contributed by atoms with van der Waals surface area (Å²) in [6.07, 6.45) is 0.851. The van der Waals surface area contributed by atoms with Gasteiger partial charge in [0.05, 0.1) is 12.6 Å². The molecule has 2 rings (SSSR count). The molecule has 1 amide bonds. The Bertz CT molecular complexity index is 722. The molecule has 2 aromatic carbocycles. The van der Waals surface area contributed by atoms with Gasteiger partial charge in [0, 0.05) is 5.56 Å². The molecule has 0 fully saturated rings. The first kappa shape index (κ1) is 18.1. The molecule has 0 aliphatic heterocycles. The number of hydrogen-bond acceptors (Lipinski definition) is 2. The second-order valence-corrected chi connectivity index (χ2v) is 6.19. The van der Waals surface area contributed by atoms with Gasteiger partial charge in [0.25, 0.3) is 5.91 Å². The molecule has 24 heavy (non-hydrogen) atoms. The molecule has 0 aliphatic rings. The van der Waals surface area contributed by atoms with Crippen LogP contribution in [0.25, 0.3) is 0 Å². The van der Waals surface area contributed by atoms with Gasteiger partial charge in [-0.05, 0) is 74.6 Å². The van der Waals surface area contributed by atoms with E-state index < -0.39 is 0 Å². The van der Waals surface area contributed by atoms with E-state index in [4.69, 9.17) is 4.74 Å². The molecule has 0 bridgehead atoms. The van der Waals surface area contributed by atoms with E-state index in [1.165, 1.54) is 11.1 Å². The molecule has 0 aromatic heterocycles. The molecule has 0 aliphatic carbocycles. The standard InChI is InChI=1S/C21H27NO2/c1-6-19(17-9-8-14(3)15(4)12-17)22-21(23)18-10-11-20(24-7-2)16(5)13-18/h8-13,19H,6-7H2,1-5H3,(H,22,23)/t19-/m1/s1. The van der Waals surface area contributed by atoms with Crippen LogP contribution in [0.4, 0.5) is 0 Å². The number of carbonyl (C=O) groups is 1. The van der Waals surface area contributed by atoms with Crippen molar-refractivity contribution in [2.75, 3.05) is 6.61 Å². The molecule has 3 nitrogen and oxygen atoms in total. The number of nitrogens with one attached hydrogen (secondary N) is 1. The van der Waals surface area contributed by atoms with E-state index in [-0.39, 0.29) is 11.9 Å². The molecule has 1 atom stereocenters. The quantitative estimate of drug-likeness (QED) is 0.821. The summed E-state index contributed by atoms with van der Waals surface area (Å²) < 4.78 is 5.54. The Morgan fingerprint density at radius 3 is 2.33 bits per heavy atom. The Morgan fingerprint density at radius 2 is 1.75 bits per heavy atom. The first-order valence-electron chi connectivity index (χ1n) is 8.57. The lowest BCUT2D eigenvalue weighted by Gasteiger charge is -2.19. The van der Waals surface area contributed by atoms with Crippen LogP contribution in [0, 0.1) is 20.8 Å². The van der Waals surface area contributed by atoms with E-state index >= 15 is 0 Å². The topological polar surface area (TPSA) is 38.3 Å². The number of benzene rings is 2. The minimum absolute atomic E-state index is 0.0173. The molecule has 0 saturated heterocycles. The van der Waals surface area contributed by atoms with Gasteiger partial charge in [0.1, 0.15) is 5.75 Å². The molecule has 3 heteroatoms. The maximum atomic E-state index is 12.6. The normalized spacial score (nSPS) is 11.9. The summed E-state index contributed by atoms with van der Waals surface area (Å²) in [5.74, 6) is 0.779. The third kappa shape index (κ3) is 4.16.